The molecule has 0 fully saturated rings. The smallest absolute Gasteiger partial charge is 0.329 e. The van der Waals surface area contributed by atoms with Crippen molar-refractivity contribution in [3.05, 3.63) is 35.2 Å². The fourth-order valence-corrected chi connectivity index (χ4v) is 3.48. The van der Waals surface area contributed by atoms with Crippen molar-refractivity contribution in [1.82, 2.24) is 20.9 Å². The van der Waals surface area contributed by atoms with E-state index in [2.05, 4.69) is 27.9 Å². The molecule has 1 aliphatic heterocycles. The summed E-state index contributed by atoms with van der Waals surface area (Å²) in [6.45, 7) is 10.5. The van der Waals surface area contributed by atoms with Crippen LogP contribution in [0.25, 0.3) is 0 Å². The molecule has 31 heavy (non-hydrogen) atoms. The molecule has 2 rings (SSSR count). The minimum absolute atomic E-state index is 0.0921. The van der Waals surface area contributed by atoms with Crippen molar-refractivity contribution in [2.24, 2.45) is 5.92 Å². The van der Waals surface area contributed by atoms with E-state index in [0.717, 1.165) is 0 Å². The molecule has 3 N–H and O–H groups in total. The summed E-state index contributed by atoms with van der Waals surface area (Å²) >= 11 is 1.22. The zero-order valence-electron chi connectivity index (χ0n) is 18.2. The number of carbonyl (C=O) groups is 4. The largest absolute Gasteiger partial charge is 0.456 e. The predicted octanol–water partition coefficient (Wildman–Crippen LogP) is 1.50. The summed E-state index contributed by atoms with van der Waals surface area (Å²) in [5.41, 5.74) is -1.15. The van der Waals surface area contributed by atoms with Crippen molar-refractivity contribution >= 4 is 35.0 Å². The number of aromatic nitrogens is 1. The highest BCUT2D eigenvalue weighted by Crippen LogP contribution is 2.15. The van der Waals surface area contributed by atoms with Crippen LogP contribution in [0.2, 0.25) is 0 Å². The molecular weight excluding hydrogens is 420 g/mol. The fraction of sp³-hybridized carbons (Fsp3) is 0.524. The second kappa shape index (κ2) is 10.5. The van der Waals surface area contributed by atoms with E-state index in [1.165, 1.54) is 11.3 Å². The Morgan fingerprint density at radius 1 is 1.32 bits per heavy atom. The number of nitrogens with zero attached hydrogens (tertiary/aromatic N) is 1. The molecule has 0 saturated heterocycles. The highest BCUT2D eigenvalue weighted by atomic mass is 32.1. The Bertz CT molecular complexity index is 862. The molecule has 169 valence electrons. The van der Waals surface area contributed by atoms with Gasteiger partial charge in [-0.2, -0.15) is 0 Å². The van der Waals surface area contributed by atoms with E-state index in [1.807, 2.05) is 0 Å². The van der Waals surface area contributed by atoms with Crippen molar-refractivity contribution < 1.29 is 23.9 Å². The maximum atomic E-state index is 12.9. The number of ether oxygens (including phenoxy) is 1. The van der Waals surface area contributed by atoms with Crippen LogP contribution in [0.1, 0.15) is 56.0 Å². The maximum absolute atomic E-state index is 12.9. The van der Waals surface area contributed by atoms with Gasteiger partial charge in [-0.15, -0.1) is 11.3 Å². The van der Waals surface area contributed by atoms with Crippen molar-refractivity contribution in [2.75, 3.05) is 0 Å². The Morgan fingerprint density at radius 2 is 2.03 bits per heavy atom. The molecule has 2 bridgehead atoms. The van der Waals surface area contributed by atoms with E-state index in [1.54, 1.807) is 45.2 Å². The van der Waals surface area contributed by atoms with Gasteiger partial charge in [-0.3, -0.25) is 14.4 Å². The molecule has 0 aliphatic carbocycles. The van der Waals surface area contributed by atoms with E-state index in [4.69, 9.17) is 4.74 Å². The van der Waals surface area contributed by atoms with Gasteiger partial charge in [-0.1, -0.05) is 19.9 Å². The Balaban J connectivity index is 2.37. The number of hydrogen-bond acceptors (Lipinski definition) is 7. The third kappa shape index (κ3) is 6.88. The van der Waals surface area contributed by atoms with Gasteiger partial charge in [-0.05, 0) is 39.2 Å². The standard InChI is InChI=1S/C21H29N4O5S/c1-6-7-8-13-9-15(26)22-10-16-23-14(11-31-16)18(27)25-21(4,5)20(29)24-17(12(2)3)19(28)30-13/h7-8,11-13,17H,1,6,9-10H2,2-5H3,(H,22,26)(H,24,29)(H,25,27)/b8-7+/t13-,17+/m1/s1. The number of fused-ring (bicyclic) bond motifs is 2. The van der Waals surface area contributed by atoms with E-state index >= 15 is 0 Å². The minimum Gasteiger partial charge on any atom is -0.456 e. The molecule has 1 aromatic heterocycles. The van der Waals surface area contributed by atoms with Gasteiger partial charge in [0.15, 0.2) is 0 Å². The summed E-state index contributed by atoms with van der Waals surface area (Å²) in [5, 5.41) is 10.1. The van der Waals surface area contributed by atoms with Gasteiger partial charge in [0.2, 0.25) is 11.8 Å². The fourth-order valence-electron chi connectivity index (χ4n) is 2.77. The first-order chi connectivity index (χ1) is 14.5. The SMILES string of the molecule is [CH2]C/C=C/[C@@H]1CC(=O)NCc2nc(cs2)C(=O)NC(C)(C)C(=O)N[C@@H](C(C)C)C(=O)O1. The van der Waals surface area contributed by atoms with Gasteiger partial charge in [0.05, 0.1) is 13.0 Å². The van der Waals surface area contributed by atoms with Gasteiger partial charge in [0.25, 0.3) is 5.91 Å². The zero-order chi connectivity index (χ0) is 23.2. The van der Waals surface area contributed by atoms with Crippen molar-refractivity contribution in [1.29, 1.82) is 0 Å². The third-order valence-electron chi connectivity index (χ3n) is 4.59. The number of thiazole rings is 1. The number of esters is 1. The monoisotopic (exact) mass is 449 g/mol. The Labute approximate surface area is 186 Å². The normalized spacial score (nSPS) is 23.3. The summed E-state index contributed by atoms with van der Waals surface area (Å²) in [5.74, 6) is -2.35. The average Bonchev–Trinajstić information content (AvgIpc) is 3.16. The lowest BCUT2D eigenvalue weighted by atomic mass is 9.99. The van der Waals surface area contributed by atoms with Crippen LogP contribution in [-0.4, -0.2) is 46.4 Å². The number of hydrogen-bond donors (Lipinski definition) is 3. The van der Waals surface area contributed by atoms with Crippen LogP contribution in [0.15, 0.2) is 17.5 Å². The Morgan fingerprint density at radius 3 is 2.68 bits per heavy atom. The van der Waals surface area contributed by atoms with Crippen LogP contribution in [0.5, 0.6) is 0 Å². The molecule has 3 amide bonds. The predicted molar refractivity (Wildman–Crippen MR) is 116 cm³/mol. The molecule has 10 heteroatoms. The van der Waals surface area contributed by atoms with Gasteiger partial charge in [0, 0.05) is 5.38 Å². The molecule has 0 spiro atoms. The highest BCUT2D eigenvalue weighted by molar-refractivity contribution is 7.09. The van der Waals surface area contributed by atoms with Crippen LogP contribution in [0.4, 0.5) is 0 Å². The van der Waals surface area contributed by atoms with Gasteiger partial charge >= 0.3 is 5.97 Å². The first kappa shape index (κ1) is 24.5. The molecule has 0 aromatic carbocycles. The lowest BCUT2D eigenvalue weighted by molar-refractivity contribution is -0.153. The van der Waals surface area contributed by atoms with Gasteiger partial charge in [0.1, 0.15) is 28.4 Å². The molecule has 2 atom stereocenters. The lowest BCUT2D eigenvalue weighted by Crippen LogP contribution is -2.59. The number of cyclic esters (lactones) is 1. The minimum atomic E-state index is -1.30. The van der Waals surface area contributed by atoms with E-state index in [0.29, 0.717) is 11.4 Å². The second-order valence-electron chi connectivity index (χ2n) is 8.07. The number of carbonyl (C=O) groups excluding carboxylic acids is 4. The summed E-state index contributed by atoms with van der Waals surface area (Å²) < 4.78 is 5.53. The van der Waals surface area contributed by atoms with Gasteiger partial charge in [-0.25, -0.2) is 9.78 Å². The average molecular weight is 450 g/mol. The number of allylic oxidation sites excluding steroid dienone is 1. The molecule has 1 radical (unpaired) electrons. The highest BCUT2D eigenvalue weighted by Gasteiger charge is 2.36. The third-order valence-corrected chi connectivity index (χ3v) is 5.44. The Hall–Kier alpha value is -2.75. The molecule has 2 heterocycles. The quantitative estimate of drug-likeness (QED) is 0.474. The van der Waals surface area contributed by atoms with Crippen LogP contribution in [0, 0.1) is 12.8 Å². The first-order valence-corrected chi connectivity index (χ1v) is 10.9. The number of rotatable bonds is 3. The van der Waals surface area contributed by atoms with Crippen molar-refractivity contribution in [2.45, 2.75) is 64.8 Å². The topological polar surface area (TPSA) is 126 Å². The second-order valence-corrected chi connectivity index (χ2v) is 9.02. The Kier molecular flexibility index (Phi) is 8.32. The van der Waals surface area contributed by atoms with E-state index < -0.39 is 35.5 Å². The zero-order valence-corrected chi connectivity index (χ0v) is 19.0. The molecule has 0 unspecified atom stereocenters. The van der Waals surface area contributed by atoms with E-state index in [9.17, 15) is 19.2 Å². The summed E-state index contributed by atoms with van der Waals surface area (Å²) in [7, 11) is 0. The summed E-state index contributed by atoms with van der Waals surface area (Å²) in [6, 6.07) is -0.957. The van der Waals surface area contributed by atoms with Crippen molar-refractivity contribution in [3.63, 3.8) is 0 Å². The molecule has 1 aliphatic rings. The van der Waals surface area contributed by atoms with Crippen LogP contribution < -0.4 is 16.0 Å². The van der Waals surface area contributed by atoms with Crippen molar-refractivity contribution in [3.8, 4) is 0 Å². The summed E-state index contributed by atoms with van der Waals surface area (Å²) in [4.78, 5) is 54.8. The molecule has 9 nitrogen and oxygen atoms in total. The number of amides is 3. The van der Waals surface area contributed by atoms with Crippen LogP contribution >= 0.6 is 11.3 Å². The molecular formula is C21H29N4O5S. The van der Waals surface area contributed by atoms with E-state index in [-0.39, 0.29) is 30.5 Å². The summed E-state index contributed by atoms with van der Waals surface area (Å²) in [6.07, 6.45) is 2.89. The number of nitrogens with one attached hydrogen (secondary N) is 3. The van der Waals surface area contributed by atoms with Crippen LogP contribution in [-0.2, 0) is 25.7 Å². The van der Waals surface area contributed by atoms with Gasteiger partial charge < -0.3 is 20.7 Å². The maximum Gasteiger partial charge on any atom is 0.329 e. The molecule has 0 saturated carbocycles. The first-order valence-electron chi connectivity index (χ1n) is 10.0. The molecule has 1 aromatic rings. The lowest BCUT2D eigenvalue weighted by Gasteiger charge is -2.29. The van der Waals surface area contributed by atoms with Crippen LogP contribution in [0.3, 0.4) is 0 Å².